The van der Waals surface area contributed by atoms with Crippen LogP contribution in [0.3, 0.4) is 0 Å². The highest BCUT2D eigenvalue weighted by atomic mass is 35.5. The summed E-state index contributed by atoms with van der Waals surface area (Å²) in [6.07, 6.45) is 5.99. The van der Waals surface area contributed by atoms with Crippen molar-refractivity contribution in [2.45, 2.75) is 39.0 Å². The first-order chi connectivity index (χ1) is 16.0. The van der Waals surface area contributed by atoms with Gasteiger partial charge in [0, 0.05) is 25.3 Å². The molecular weight excluding hydrogens is 455 g/mol. The highest BCUT2D eigenvalue weighted by Crippen LogP contribution is 2.29. The summed E-state index contributed by atoms with van der Waals surface area (Å²) in [4.78, 5) is 17.1. The lowest BCUT2D eigenvalue weighted by Crippen LogP contribution is -2.41. The Morgan fingerprint density at radius 1 is 0.939 bits per heavy atom. The fourth-order valence-electron chi connectivity index (χ4n) is 5.16. The van der Waals surface area contributed by atoms with Crippen molar-refractivity contribution >= 4 is 34.9 Å². The lowest BCUT2D eigenvalue weighted by atomic mass is 9.89. The van der Waals surface area contributed by atoms with Crippen LogP contribution in [0.15, 0.2) is 42.5 Å². The zero-order valence-corrected chi connectivity index (χ0v) is 21.0. The molecule has 0 N–H and O–H groups in total. The van der Waals surface area contributed by atoms with Crippen LogP contribution in [0, 0.1) is 11.8 Å². The Bertz CT molecular complexity index is 935. The van der Waals surface area contributed by atoms with E-state index in [1.807, 2.05) is 37.3 Å². The zero-order chi connectivity index (χ0) is 23.2. The Labute approximate surface area is 207 Å². The molecule has 6 heteroatoms. The summed E-state index contributed by atoms with van der Waals surface area (Å²) in [5, 5.41) is 1.29. The van der Waals surface area contributed by atoms with E-state index in [1.165, 1.54) is 50.9 Å². The number of ether oxygens (including phenoxy) is 1. The minimum absolute atomic E-state index is 0.239. The number of rotatable bonds is 7. The molecule has 2 saturated heterocycles. The summed E-state index contributed by atoms with van der Waals surface area (Å²) < 4.78 is 5.15. The van der Waals surface area contributed by atoms with Crippen molar-refractivity contribution in [2.24, 2.45) is 11.8 Å². The Morgan fingerprint density at radius 3 is 2.36 bits per heavy atom. The van der Waals surface area contributed by atoms with E-state index in [9.17, 15) is 4.79 Å². The molecule has 2 aliphatic rings. The van der Waals surface area contributed by atoms with Crippen molar-refractivity contribution < 1.29 is 9.53 Å². The van der Waals surface area contributed by atoms with Crippen molar-refractivity contribution in [1.29, 1.82) is 0 Å². The quantitative estimate of drug-likeness (QED) is 0.425. The van der Waals surface area contributed by atoms with Gasteiger partial charge in [-0.15, -0.1) is 0 Å². The molecule has 0 saturated carbocycles. The topological polar surface area (TPSA) is 32.8 Å². The molecule has 0 radical (unpaired) electrons. The van der Waals surface area contributed by atoms with Crippen molar-refractivity contribution in [2.75, 3.05) is 44.2 Å². The maximum Gasteiger partial charge on any atom is 0.338 e. The standard InChI is InChI=1S/C27H34Cl2N2O2/c1-2-33-27(32)23-4-3-5-24(18-23)31-14-10-21(11-15-31)19-30-12-8-20(9-13-30)16-22-6-7-25(28)26(29)17-22/h3-7,17-18,20-21H,2,8-16,19H2,1H3. The molecule has 33 heavy (non-hydrogen) atoms. The number of anilines is 1. The van der Waals surface area contributed by atoms with Crippen LogP contribution in [-0.2, 0) is 11.2 Å². The predicted molar refractivity (Wildman–Crippen MR) is 137 cm³/mol. The first-order valence-electron chi connectivity index (χ1n) is 12.2. The molecule has 4 nitrogen and oxygen atoms in total. The number of nitrogens with zero attached hydrogens (tertiary/aromatic N) is 2. The monoisotopic (exact) mass is 488 g/mol. The average Bonchev–Trinajstić information content (AvgIpc) is 2.83. The number of likely N-dealkylation sites (tertiary alicyclic amines) is 1. The van der Waals surface area contributed by atoms with Crippen LogP contribution >= 0.6 is 23.2 Å². The normalized spacial score (nSPS) is 18.5. The molecule has 178 valence electrons. The molecular formula is C27H34Cl2N2O2. The van der Waals surface area contributed by atoms with Crippen LogP contribution in [0.1, 0.15) is 48.5 Å². The fourth-order valence-corrected chi connectivity index (χ4v) is 5.48. The van der Waals surface area contributed by atoms with Gasteiger partial charge in [0.15, 0.2) is 0 Å². The van der Waals surface area contributed by atoms with Gasteiger partial charge in [-0.25, -0.2) is 4.79 Å². The van der Waals surface area contributed by atoms with Gasteiger partial charge in [-0.05, 0) is 99.8 Å². The van der Waals surface area contributed by atoms with Gasteiger partial charge in [0.2, 0.25) is 0 Å². The summed E-state index contributed by atoms with van der Waals surface area (Å²) in [6.45, 7) is 7.92. The Morgan fingerprint density at radius 2 is 1.67 bits per heavy atom. The van der Waals surface area contributed by atoms with E-state index in [-0.39, 0.29) is 5.97 Å². The smallest absolute Gasteiger partial charge is 0.338 e. The molecule has 2 aromatic carbocycles. The van der Waals surface area contributed by atoms with Crippen LogP contribution in [0.4, 0.5) is 5.69 Å². The lowest BCUT2D eigenvalue weighted by Gasteiger charge is -2.38. The van der Waals surface area contributed by atoms with Crippen LogP contribution < -0.4 is 4.90 Å². The SMILES string of the molecule is CCOC(=O)c1cccc(N2CCC(CN3CCC(Cc4ccc(Cl)c(Cl)c4)CC3)CC2)c1. The number of benzene rings is 2. The molecule has 2 aromatic rings. The molecule has 2 heterocycles. The molecule has 0 aliphatic carbocycles. The summed E-state index contributed by atoms with van der Waals surface area (Å²) >= 11 is 12.2. The highest BCUT2D eigenvalue weighted by Gasteiger charge is 2.25. The van der Waals surface area contributed by atoms with Gasteiger partial charge in [0.1, 0.15) is 0 Å². The molecule has 4 rings (SSSR count). The molecule has 0 amide bonds. The maximum absolute atomic E-state index is 12.0. The average molecular weight is 489 g/mol. The zero-order valence-electron chi connectivity index (χ0n) is 19.4. The molecule has 0 unspecified atom stereocenters. The van der Waals surface area contributed by atoms with Crippen LogP contribution in [0.2, 0.25) is 10.0 Å². The largest absolute Gasteiger partial charge is 0.462 e. The van der Waals surface area contributed by atoms with Gasteiger partial charge in [-0.1, -0.05) is 35.3 Å². The van der Waals surface area contributed by atoms with Gasteiger partial charge < -0.3 is 14.5 Å². The second kappa shape index (κ2) is 11.6. The van der Waals surface area contributed by atoms with Crippen molar-refractivity contribution in [3.05, 3.63) is 63.6 Å². The third-order valence-electron chi connectivity index (χ3n) is 7.07. The van der Waals surface area contributed by atoms with E-state index in [0.29, 0.717) is 22.2 Å². The van der Waals surface area contributed by atoms with E-state index in [0.717, 1.165) is 37.0 Å². The minimum atomic E-state index is -0.239. The van der Waals surface area contributed by atoms with Gasteiger partial charge in [-0.2, -0.15) is 0 Å². The number of piperidine rings is 2. The summed E-state index contributed by atoms with van der Waals surface area (Å²) in [5.74, 6) is 1.24. The van der Waals surface area contributed by atoms with E-state index >= 15 is 0 Å². The summed E-state index contributed by atoms with van der Waals surface area (Å²) in [6, 6.07) is 13.9. The van der Waals surface area contributed by atoms with E-state index < -0.39 is 0 Å². The van der Waals surface area contributed by atoms with E-state index in [4.69, 9.17) is 27.9 Å². The number of hydrogen-bond donors (Lipinski definition) is 0. The number of esters is 1. The van der Waals surface area contributed by atoms with Gasteiger partial charge in [-0.3, -0.25) is 0 Å². The first-order valence-corrected chi connectivity index (χ1v) is 13.0. The van der Waals surface area contributed by atoms with Crippen LogP contribution in [0.5, 0.6) is 0 Å². The first kappa shape index (κ1) is 24.4. The summed E-state index contributed by atoms with van der Waals surface area (Å²) in [5.41, 5.74) is 3.06. The van der Waals surface area contributed by atoms with Gasteiger partial charge >= 0.3 is 5.97 Å². The van der Waals surface area contributed by atoms with Crippen LogP contribution in [-0.4, -0.2) is 50.2 Å². The van der Waals surface area contributed by atoms with Crippen molar-refractivity contribution in [3.63, 3.8) is 0 Å². The van der Waals surface area contributed by atoms with Crippen LogP contribution in [0.25, 0.3) is 0 Å². The third kappa shape index (κ3) is 6.65. The number of hydrogen-bond acceptors (Lipinski definition) is 4. The number of carbonyl (C=O) groups excluding carboxylic acids is 1. The van der Waals surface area contributed by atoms with Gasteiger partial charge in [0.25, 0.3) is 0 Å². The third-order valence-corrected chi connectivity index (χ3v) is 7.81. The van der Waals surface area contributed by atoms with E-state index in [1.54, 1.807) is 0 Å². The summed E-state index contributed by atoms with van der Waals surface area (Å²) in [7, 11) is 0. The Kier molecular flexibility index (Phi) is 8.56. The molecule has 0 atom stereocenters. The minimum Gasteiger partial charge on any atom is -0.462 e. The van der Waals surface area contributed by atoms with Crippen molar-refractivity contribution in [3.8, 4) is 0 Å². The van der Waals surface area contributed by atoms with Gasteiger partial charge in [0.05, 0.1) is 22.2 Å². The molecule has 0 bridgehead atoms. The highest BCUT2D eigenvalue weighted by molar-refractivity contribution is 6.42. The second-order valence-electron chi connectivity index (χ2n) is 9.40. The fraction of sp³-hybridized carbons (Fsp3) is 0.519. The second-order valence-corrected chi connectivity index (χ2v) is 10.2. The predicted octanol–water partition coefficient (Wildman–Crippen LogP) is 6.34. The van der Waals surface area contributed by atoms with Crippen molar-refractivity contribution in [1.82, 2.24) is 4.90 Å². The Balaban J connectivity index is 1.20. The number of carbonyl (C=O) groups is 1. The maximum atomic E-state index is 12.0. The van der Waals surface area contributed by atoms with E-state index in [2.05, 4.69) is 21.9 Å². The number of halogens is 2. The molecule has 2 fully saturated rings. The molecule has 0 spiro atoms. The Hall–Kier alpha value is -1.75. The lowest BCUT2D eigenvalue weighted by molar-refractivity contribution is 0.0526. The molecule has 2 aliphatic heterocycles. The molecule has 0 aromatic heterocycles.